The van der Waals surface area contributed by atoms with Crippen LogP contribution in [-0.2, 0) is 6.54 Å². The molecule has 0 bridgehead atoms. The number of hydrogen-bond acceptors (Lipinski definition) is 3. The van der Waals surface area contributed by atoms with Crippen LogP contribution >= 0.6 is 47.8 Å². The predicted molar refractivity (Wildman–Crippen MR) is 94.6 cm³/mol. The summed E-state index contributed by atoms with van der Waals surface area (Å²) in [6.45, 7) is 0.609. The van der Waals surface area contributed by atoms with Crippen molar-refractivity contribution in [2.24, 2.45) is 0 Å². The van der Waals surface area contributed by atoms with E-state index in [1.54, 1.807) is 13.2 Å². The van der Waals surface area contributed by atoms with Gasteiger partial charge >= 0.3 is 0 Å². The lowest BCUT2D eigenvalue weighted by Gasteiger charge is -2.12. The zero-order valence-electron chi connectivity index (χ0n) is 11.1. The van der Waals surface area contributed by atoms with E-state index in [1.165, 1.54) is 0 Å². The van der Waals surface area contributed by atoms with E-state index in [9.17, 15) is 0 Å². The van der Waals surface area contributed by atoms with Crippen molar-refractivity contribution in [2.45, 2.75) is 6.54 Å². The van der Waals surface area contributed by atoms with E-state index >= 15 is 0 Å². The topological polar surface area (TPSA) is 45.0 Å². The molecule has 0 saturated heterocycles. The van der Waals surface area contributed by atoms with Crippen molar-refractivity contribution in [2.75, 3.05) is 12.4 Å². The normalized spacial score (nSPS) is 10.0. The number of nitrogens with zero attached hydrogens (tertiary/aromatic N) is 1. The summed E-state index contributed by atoms with van der Waals surface area (Å²) in [5.41, 5.74) is 2.51. The lowest BCUT2D eigenvalue weighted by molar-refractivity contribution is 0.413. The van der Waals surface area contributed by atoms with Crippen LogP contribution in [0.4, 0.5) is 5.69 Å². The second kappa shape index (κ2) is 7.30. The summed E-state index contributed by atoms with van der Waals surface area (Å²) in [6.07, 6.45) is 0. The van der Waals surface area contributed by atoms with Crippen molar-refractivity contribution in [1.82, 2.24) is 0 Å². The SMILES string of the molecule is COc1ccc(CNc2c(Br)cc(Br)cc2Br)cc1C#N. The molecule has 0 spiro atoms. The molecule has 0 atom stereocenters. The standard InChI is InChI=1S/C15H11Br3N2O/c1-21-14-3-2-9(4-10(14)7-19)8-20-15-12(17)5-11(16)6-13(15)18/h2-6,20H,8H2,1H3. The highest BCUT2D eigenvalue weighted by Crippen LogP contribution is 2.34. The molecule has 0 fully saturated rings. The van der Waals surface area contributed by atoms with E-state index < -0.39 is 0 Å². The second-order valence-electron chi connectivity index (χ2n) is 4.24. The smallest absolute Gasteiger partial charge is 0.136 e. The number of nitriles is 1. The fourth-order valence-corrected chi connectivity index (χ4v) is 4.39. The minimum Gasteiger partial charge on any atom is -0.495 e. The molecule has 2 aromatic rings. The Morgan fingerprint density at radius 2 is 1.81 bits per heavy atom. The minimum atomic E-state index is 0.533. The molecule has 0 heterocycles. The molecule has 0 radical (unpaired) electrons. The van der Waals surface area contributed by atoms with Crippen LogP contribution in [0.1, 0.15) is 11.1 Å². The highest BCUT2D eigenvalue weighted by Gasteiger charge is 2.08. The van der Waals surface area contributed by atoms with Gasteiger partial charge in [-0.1, -0.05) is 22.0 Å². The molecule has 108 valence electrons. The van der Waals surface area contributed by atoms with Gasteiger partial charge in [-0.2, -0.15) is 5.26 Å². The molecule has 3 nitrogen and oxygen atoms in total. The molecule has 2 aromatic carbocycles. The van der Waals surface area contributed by atoms with Gasteiger partial charge < -0.3 is 10.1 Å². The Labute approximate surface area is 148 Å². The van der Waals surface area contributed by atoms with Crippen molar-refractivity contribution >= 4 is 53.5 Å². The van der Waals surface area contributed by atoms with Crippen LogP contribution in [0, 0.1) is 11.3 Å². The first kappa shape index (κ1) is 16.3. The average Bonchev–Trinajstić information content (AvgIpc) is 2.45. The highest BCUT2D eigenvalue weighted by molar-refractivity contribution is 9.11. The van der Waals surface area contributed by atoms with E-state index in [0.717, 1.165) is 24.7 Å². The Morgan fingerprint density at radius 3 is 2.38 bits per heavy atom. The van der Waals surface area contributed by atoms with Crippen LogP contribution in [0.15, 0.2) is 43.7 Å². The monoisotopic (exact) mass is 472 g/mol. The molecule has 1 N–H and O–H groups in total. The minimum absolute atomic E-state index is 0.533. The molecule has 21 heavy (non-hydrogen) atoms. The number of hydrogen-bond donors (Lipinski definition) is 1. The van der Waals surface area contributed by atoms with Gasteiger partial charge in [0.25, 0.3) is 0 Å². The summed E-state index contributed by atoms with van der Waals surface area (Å²) < 4.78 is 8.04. The summed E-state index contributed by atoms with van der Waals surface area (Å²) in [7, 11) is 1.56. The first-order chi connectivity index (χ1) is 10.0. The number of methoxy groups -OCH3 is 1. The summed E-state index contributed by atoms with van der Waals surface area (Å²) >= 11 is 10.5. The van der Waals surface area contributed by atoms with Gasteiger partial charge in [-0.25, -0.2) is 0 Å². The summed E-state index contributed by atoms with van der Waals surface area (Å²) in [6, 6.07) is 11.7. The average molecular weight is 475 g/mol. The fourth-order valence-electron chi connectivity index (χ4n) is 1.85. The van der Waals surface area contributed by atoms with E-state index in [0.29, 0.717) is 17.9 Å². The van der Waals surface area contributed by atoms with Crippen molar-refractivity contribution in [3.63, 3.8) is 0 Å². The van der Waals surface area contributed by atoms with Crippen molar-refractivity contribution in [3.05, 3.63) is 54.9 Å². The molecule has 6 heteroatoms. The molecule has 0 amide bonds. The molecule has 0 saturated carbocycles. The first-order valence-corrected chi connectivity index (χ1v) is 8.38. The number of rotatable bonds is 4. The molecule has 0 aliphatic heterocycles. The molecular weight excluding hydrogens is 464 g/mol. The largest absolute Gasteiger partial charge is 0.495 e. The van der Waals surface area contributed by atoms with Crippen LogP contribution < -0.4 is 10.1 Å². The molecule has 2 rings (SSSR count). The third-order valence-corrected chi connectivity index (χ3v) is 4.57. The summed E-state index contributed by atoms with van der Waals surface area (Å²) in [4.78, 5) is 0. The molecule has 0 unspecified atom stereocenters. The molecular formula is C15H11Br3N2O. The lowest BCUT2D eigenvalue weighted by atomic mass is 10.1. The zero-order valence-corrected chi connectivity index (χ0v) is 15.8. The van der Waals surface area contributed by atoms with Gasteiger partial charge in [0.2, 0.25) is 0 Å². The zero-order chi connectivity index (χ0) is 15.4. The molecule has 0 aliphatic rings. The van der Waals surface area contributed by atoms with Gasteiger partial charge in [0.05, 0.1) is 18.4 Å². The number of halogens is 3. The molecule has 0 aromatic heterocycles. The van der Waals surface area contributed by atoms with Gasteiger partial charge in [-0.05, 0) is 61.7 Å². The lowest BCUT2D eigenvalue weighted by Crippen LogP contribution is -2.02. The maximum absolute atomic E-state index is 9.11. The van der Waals surface area contributed by atoms with Crippen LogP contribution in [-0.4, -0.2) is 7.11 Å². The fraction of sp³-hybridized carbons (Fsp3) is 0.133. The van der Waals surface area contributed by atoms with Gasteiger partial charge in [0.15, 0.2) is 0 Å². The maximum Gasteiger partial charge on any atom is 0.136 e. The first-order valence-electron chi connectivity index (χ1n) is 6.00. The van der Waals surface area contributed by atoms with Crippen molar-refractivity contribution < 1.29 is 4.74 Å². The van der Waals surface area contributed by atoms with Crippen molar-refractivity contribution in [3.8, 4) is 11.8 Å². The van der Waals surface area contributed by atoms with Crippen LogP contribution in [0.2, 0.25) is 0 Å². The summed E-state index contributed by atoms with van der Waals surface area (Å²) in [5.74, 6) is 0.590. The van der Waals surface area contributed by atoms with Crippen LogP contribution in [0.5, 0.6) is 5.75 Å². The van der Waals surface area contributed by atoms with E-state index in [-0.39, 0.29) is 0 Å². The van der Waals surface area contributed by atoms with Gasteiger partial charge in [0.1, 0.15) is 11.8 Å². The van der Waals surface area contributed by atoms with Gasteiger partial charge in [0, 0.05) is 20.0 Å². The Balaban J connectivity index is 2.19. The predicted octanol–water partition coefficient (Wildman–Crippen LogP) is 5.47. The van der Waals surface area contributed by atoms with E-state index in [4.69, 9.17) is 10.00 Å². The second-order valence-corrected chi connectivity index (χ2v) is 6.87. The Hall–Kier alpha value is -1.03. The Bertz CT molecular complexity index is 688. The quantitative estimate of drug-likeness (QED) is 0.639. The van der Waals surface area contributed by atoms with E-state index in [1.807, 2.05) is 24.3 Å². The van der Waals surface area contributed by atoms with Crippen LogP contribution in [0.25, 0.3) is 0 Å². The summed E-state index contributed by atoms with van der Waals surface area (Å²) in [5, 5.41) is 12.5. The maximum atomic E-state index is 9.11. The van der Waals surface area contributed by atoms with Gasteiger partial charge in [-0.3, -0.25) is 0 Å². The third kappa shape index (κ3) is 4.00. The van der Waals surface area contributed by atoms with Crippen LogP contribution in [0.3, 0.4) is 0 Å². The Kier molecular flexibility index (Phi) is 5.68. The third-order valence-electron chi connectivity index (χ3n) is 2.86. The number of anilines is 1. The van der Waals surface area contributed by atoms with Gasteiger partial charge in [-0.15, -0.1) is 0 Å². The number of benzene rings is 2. The van der Waals surface area contributed by atoms with E-state index in [2.05, 4.69) is 59.2 Å². The molecule has 0 aliphatic carbocycles. The van der Waals surface area contributed by atoms with Crippen molar-refractivity contribution in [1.29, 1.82) is 5.26 Å². The highest BCUT2D eigenvalue weighted by atomic mass is 79.9. The number of nitrogens with one attached hydrogen (secondary N) is 1. The number of ether oxygens (including phenoxy) is 1. The Morgan fingerprint density at radius 1 is 1.14 bits per heavy atom.